The first-order valence-corrected chi connectivity index (χ1v) is 9.65. The van der Waals surface area contributed by atoms with Crippen LogP contribution < -0.4 is 10.6 Å². The van der Waals surface area contributed by atoms with E-state index in [4.69, 9.17) is 28.9 Å². The van der Waals surface area contributed by atoms with Crippen molar-refractivity contribution in [3.8, 4) is 0 Å². The van der Waals surface area contributed by atoms with Gasteiger partial charge in [0.1, 0.15) is 0 Å². The summed E-state index contributed by atoms with van der Waals surface area (Å²) in [6.45, 7) is 5.57. The van der Waals surface area contributed by atoms with Crippen molar-refractivity contribution in [3.05, 3.63) is 58.8 Å². The zero-order valence-electron chi connectivity index (χ0n) is 16.7. The molecule has 0 atom stereocenters. The summed E-state index contributed by atoms with van der Waals surface area (Å²) in [4.78, 5) is 18.9. The van der Waals surface area contributed by atoms with Crippen LogP contribution in [0.1, 0.15) is 20.8 Å². The molecule has 9 heteroatoms. The number of aromatic nitrogens is 2. The number of carbonyl (C=O) groups is 1. The van der Waals surface area contributed by atoms with Gasteiger partial charge in [0.05, 0.1) is 11.4 Å². The van der Waals surface area contributed by atoms with E-state index in [9.17, 15) is 9.90 Å². The van der Waals surface area contributed by atoms with E-state index < -0.39 is 11.6 Å². The van der Waals surface area contributed by atoms with Gasteiger partial charge in [-0.2, -0.15) is 0 Å². The summed E-state index contributed by atoms with van der Waals surface area (Å²) in [6.07, 6.45) is 2.49. The monoisotopic (exact) mass is 468 g/mol. The van der Waals surface area contributed by atoms with E-state index in [1.54, 1.807) is 24.5 Å². The molecule has 0 unspecified atom stereocenters. The maximum Gasteiger partial charge on any atom is 0.412 e. The van der Waals surface area contributed by atoms with Gasteiger partial charge in [0.2, 0.25) is 0 Å². The highest BCUT2D eigenvalue weighted by Gasteiger charge is 2.29. The van der Waals surface area contributed by atoms with Crippen LogP contribution >= 0.6 is 35.6 Å². The number of rotatable bonds is 1. The summed E-state index contributed by atoms with van der Waals surface area (Å²) in [5.41, 5.74) is 8.35. The van der Waals surface area contributed by atoms with Crippen LogP contribution in [0.15, 0.2) is 48.8 Å². The number of nitrogens with two attached hydrogens (primary N) is 1. The van der Waals surface area contributed by atoms with Crippen molar-refractivity contribution < 1.29 is 9.90 Å². The molecule has 0 radical (unpaired) electrons. The quantitative estimate of drug-likeness (QED) is 0.243. The fraction of sp³-hybridized carbons (Fsp3) is 0.190. The van der Waals surface area contributed by atoms with Crippen LogP contribution in [0.3, 0.4) is 0 Å². The Morgan fingerprint density at radius 2 is 1.47 bits per heavy atom. The molecule has 0 aliphatic rings. The lowest BCUT2D eigenvalue weighted by Gasteiger charge is -2.32. The first kappa shape index (κ1) is 23.7. The summed E-state index contributed by atoms with van der Waals surface area (Å²) in [6, 6.07) is 10.9. The molecule has 0 saturated heterocycles. The first-order chi connectivity index (χ1) is 13.6. The van der Waals surface area contributed by atoms with Crippen molar-refractivity contribution in [2.75, 3.05) is 10.6 Å². The number of halogens is 3. The number of H-pyrrole nitrogens is 2. The highest BCUT2D eigenvalue weighted by Crippen LogP contribution is 2.32. The molecule has 4 rings (SSSR count). The molecule has 30 heavy (non-hydrogen) atoms. The first-order valence-electron chi connectivity index (χ1n) is 8.90. The molecular formula is C21H23Cl3N4O2. The van der Waals surface area contributed by atoms with E-state index in [1.807, 2.05) is 45.0 Å². The molecule has 2 aromatic carbocycles. The van der Waals surface area contributed by atoms with Crippen LogP contribution in [-0.4, -0.2) is 26.7 Å². The number of benzene rings is 2. The second kappa shape index (κ2) is 9.08. The molecule has 5 N–H and O–H groups in total. The van der Waals surface area contributed by atoms with E-state index in [1.165, 1.54) is 4.90 Å². The Bertz CT molecular complexity index is 1180. The second-order valence-electron chi connectivity index (χ2n) is 7.59. The highest BCUT2D eigenvalue weighted by atomic mass is 35.5. The summed E-state index contributed by atoms with van der Waals surface area (Å²) in [5.74, 6) is 0. The molecule has 2 aromatic heterocycles. The zero-order chi connectivity index (χ0) is 21.3. The van der Waals surface area contributed by atoms with Crippen molar-refractivity contribution in [2.24, 2.45) is 0 Å². The average Bonchev–Trinajstić information content (AvgIpc) is 3.17. The van der Waals surface area contributed by atoms with E-state index in [2.05, 4.69) is 9.97 Å². The van der Waals surface area contributed by atoms with Crippen molar-refractivity contribution >= 4 is 74.9 Å². The number of fused-ring (bicyclic) bond motifs is 2. The predicted octanol–water partition coefficient (Wildman–Crippen LogP) is 6.93. The largest absolute Gasteiger partial charge is 0.465 e. The minimum absolute atomic E-state index is 0. The number of amides is 1. The van der Waals surface area contributed by atoms with Crippen LogP contribution in [0, 0.1) is 0 Å². The fourth-order valence-corrected chi connectivity index (χ4v) is 3.48. The SMILES string of the molecule is CC(C)(C)N(C(=O)O)c1c[nH]c2cc(Cl)ccc12.Cl.Nc1c[nH]c2cc(Cl)ccc12. The van der Waals surface area contributed by atoms with E-state index in [0.29, 0.717) is 10.7 Å². The van der Waals surface area contributed by atoms with Crippen molar-refractivity contribution in [1.29, 1.82) is 0 Å². The summed E-state index contributed by atoms with van der Waals surface area (Å²) >= 11 is 11.7. The van der Waals surface area contributed by atoms with Crippen LogP contribution in [-0.2, 0) is 0 Å². The molecule has 4 aromatic rings. The average molecular weight is 470 g/mol. The lowest BCUT2D eigenvalue weighted by molar-refractivity contribution is 0.196. The third kappa shape index (κ3) is 4.95. The number of carboxylic acid groups (broad SMARTS) is 1. The highest BCUT2D eigenvalue weighted by molar-refractivity contribution is 6.31. The van der Waals surface area contributed by atoms with E-state index in [0.717, 1.165) is 32.5 Å². The number of nitrogen functional groups attached to an aromatic ring is 1. The van der Waals surface area contributed by atoms with Gasteiger partial charge >= 0.3 is 6.09 Å². The number of nitrogens with one attached hydrogen (secondary N) is 2. The van der Waals surface area contributed by atoms with E-state index in [-0.39, 0.29) is 12.4 Å². The van der Waals surface area contributed by atoms with Gasteiger partial charge in [0, 0.05) is 49.8 Å². The third-order valence-electron chi connectivity index (χ3n) is 4.40. The van der Waals surface area contributed by atoms with Gasteiger partial charge in [-0.3, -0.25) is 4.90 Å². The van der Waals surface area contributed by atoms with Crippen LogP contribution in [0.5, 0.6) is 0 Å². The molecule has 0 spiro atoms. The second-order valence-corrected chi connectivity index (χ2v) is 8.46. The number of anilines is 2. The Labute approximate surface area is 190 Å². The molecule has 0 fully saturated rings. The molecule has 0 aliphatic heterocycles. The fourth-order valence-electron chi connectivity index (χ4n) is 3.14. The van der Waals surface area contributed by atoms with Gasteiger partial charge in [0.15, 0.2) is 0 Å². The minimum Gasteiger partial charge on any atom is -0.465 e. The number of hydrogen-bond acceptors (Lipinski definition) is 2. The Hall–Kier alpha value is -2.54. The van der Waals surface area contributed by atoms with Gasteiger partial charge in [0.25, 0.3) is 0 Å². The maximum atomic E-state index is 11.4. The molecule has 0 saturated carbocycles. The smallest absolute Gasteiger partial charge is 0.412 e. The summed E-state index contributed by atoms with van der Waals surface area (Å²) in [7, 11) is 0. The maximum absolute atomic E-state index is 11.4. The Balaban J connectivity index is 0.000000229. The molecule has 2 heterocycles. The van der Waals surface area contributed by atoms with Crippen molar-refractivity contribution in [3.63, 3.8) is 0 Å². The van der Waals surface area contributed by atoms with Gasteiger partial charge < -0.3 is 20.8 Å². The zero-order valence-corrected chi connectivity index (χ0v) is 19.0. The molecule has 1 amide bonds. The predicted molar refractivity (Wildman–Crippen MR) is 129 cm³/mol. The van der Waals surface area contributed by atoms with Crippen LogP contribution in [0.2, 0.25) is 10.0 Å². The number of nitrogens with zero attached hydrogens (tertiary/aromatic N) is 1. The molecule has 160 valence electrons. The number of hydrogen-bond donors (Lipinski definition) is 4. The van der Waals surface area contributed by atoms with Crippen LogP contribution in [0.4, 0.5) is 16.2 Å². The lowest BCUT2D eigenvalue weighted by Crippen LogP contribution is -2.45. The van der Waals surface area contributed by atoms with Gasteiger partial charge in [-0.25, -0.2) is 4.79 Å². The summed E-state index contributed by atoms with van der Waals surface area (Å²) in [5, 5.41) is 12.6. The van der Waals surface area contributed by atoms with Crippen molar-refractivity contribution in [2.45, 2.75) is 26.3 Å². The number of aromatic amines is 2. The third-order valence-corrected chi connectivity index (χ3v) is 4.87. The minimum atomic E-state index is -0.974. The summed E-state index contributed by atoms with van der Waals surface area (Å²) < 4.78 is 0. The van der Waals surface area contributed by atoms with Crippen molar-refractivity contribution in [1.82, 2.24) is 9.97 Å². The lowest BCUT2D eigenvalue weighted by atomic mass is 10.1. The Morgan fingerprint density at radius 1 is 0.967 bits per heavy atom. The standard InChI is InChI=1S/C13H15ClN2O2.C8H7ClN2.ClH/c1-13(2,3)16(12(17)18)11-7-15-10-6-8(14)4-5-9(10)11;9-5-1-2-6-7(10)4-11-8(6)3-5;/h4-7,15H,1-3H3,(H,17,18);1-4,11H,10H2;1H. The molecule has 0 bridgehead atoms. The Morgan fingerprint density at radius 3 is 2.00 bits per heavy atom. The molecule has 6 nitrogen and oxygen atoms in total. The van der Waals surface area contributed by atoms with Crippen LogP contribution in [0.25, 0.3) is 21.8 Å². The topological polar surface area (TPSA) is 98.1 Å². The van der Waals surface area contributed by atoms with Gasteiger partial charge in [-0.05, 0) is 57.2 Å². The van der Waals surface area contributed by atoms with E-state index >= 15 is 0 Å². The normalized spacial score (nSPS) is 11.0. The molecule has 0 aliphatic carbocycles. The van der Waals surface area contributed by atoms with Gasteiger partial charge in [-0.15, -0.1) is 12.4 Å². The Kier molecular flexibility index (Phi) is 7.18. The van der Waals surface area contributed by atoms with Gasteiger partial charge in [-0.1, -0.05) is 23.2 Å². The molecular weight excluding hydrogens is 447 g/mol.